The average Bonchev–Trinajstić information content (AvgIpc) is 2.88. The van der Waals surface area contributed by atoms with Gasteiger partial charge in [-0.25, -0.2) is 0 Å². The number of hydrogen-bond donors (Lipinski definition) is 4. The van der Waals surface area contributed by atoms with Gasteiger partial charge in [-0.05, 0) is 104 Å². The zero-order valence-electron chi connectivity index (χ0n) is 38.2. The molecule has 324 valence electrons. The van der Waals surface area contributed by atoms with Crippen molar-refractivity contribution in [2.75, 3.05) is 0 Å². The Balaban J connectivity index is 1.99. The normalized spacial score (nSPS) is 25.0. The zero-order chi connectivity index (χ0) is 42.9. The van der Waals surface area contributed by atoms with E-state index in [1.54, 1.807) is 0 Å². The summed E-state index contributed by atoms with van der Waals surface area (Å²) in [6.45, 7) is 34.8. The number of esters is 4. The van der Waals surface area contributed by atoms with E-state index in [4.69, 9.17) is 18.9 Å². The number of nitrogens with one attached hydrogen (secondary N) is 4. The third-order valence-electron chi connectivity index (χ3n) is 11.0. The van der Waals surface area contributed by atoms with Crippen LogP contribution >= 0.6 is 0 Å². The molecule has 3 saturated heterocycles. The van der Waals surface area contributed by atoms with Gasteiger partial charge in [0.05, 0.1) is 24.7 Å². The molecular weight excluding hydrogens is 713 g/mol. The van der Waals surface area contributed by atoms with Gasteiger partial charge in [0.1, 0.15) is 24.4 Å². The van der Waals surface area contributed by atoms with Gasteiger partial charge in [0.15, 0.2) is 0 Å². The molecule has 3 fully saturated rings. The van der Waals surface area contributed by atoms with Gasteiger partial charge in [-0.3, -0.25) is 19.2 Å². The van der Waals surface area contributed by atoms with E-state index in [-0.39, 0.29) is 44.8 Å². The second-order valence-corrected chi connectivity index (χ2v) is 22.4. The molecule has 0 bridgehead atoms. The predicted octanol–water partition coefficient (Wildman–Crippen LogP) is 6.65. The Hall–Kier alpha value is -2.28. The first-order chi connectivity index (χ1) is 25.2. The molecule has 4 N–H and O–H groups in total. The number of carbonyl (C=O) groups excluding carboxylic acids is 4. The Morgan fingerprint density at radius 1 is 0.554 bits per heavy atom. The standard InChI is InChI=1S/C44H80N4O8/c1-27(2)45-38(4,5)20-28(3)53-34(49)18-32(36(51)55-30-23-41(10,11)47-42(12,13)24-30)33(37(52)56-31-25-43(14,15)48-44(16,17)26-31)19-35(50)54-29-21-39(6,7)46-40(8,9)22-29/h27-33,45-48H,18-26H2,1-17H3. The van der Waals surface area contributed by atoms with Crippen molar-refractivity contribution in [3.63, 3.8) is 0 Å². The van der Waals surface area contributed by atoms with E-state index in [2.05, 4.69) is 118 Å². The Bertz CT molecular complexity index is 1350. The Morgan fingerprint density at radius 2 is 0.857 bits per heavy atom. The molecule has 56 heavy (non-hydrogen) atoms. The molecule has 12 nitrogen and oxygen atoms in total. The van der Waals surface area contributed by atoms with Gasteiger partial charge in [0.25, 0.3) is 0 Å². The fourth-order valence-corrected chi connectivity index (χ4v) is 10.7. The molecule has 3 atom stereocenters. The van der Waals surface area contributed by atoms with E-state index in [9.17, 15) is 19.2 Å². The monoisotopic (exact) mass is 793 g/mol. The van der Waals surface area contributed by atoms with Gasteiger partial charge in [0.2, 0.25) is 0 Å². The van der Waals surface area contributed by atoms with E-state index in [1.165, 1.54) is 0 Å². The summed E-state index contributed by atoms with van der Waals surface area (Å²) in [7, 11) is 0. The van der Waals surface area contributed by atoms with E-state index in [1.807, 2.05) is 20.8 Å². The third-order valence-corrected chi connectivity index (χ3v) is 11.0. The molecule has 0 saturated carbocycles. The number of carbonyl (C=O) groups is 4. The highest BCUT2D eigenvalue weighted by Gasteiger charge is 2.47. The van der Waals surface area contributed by atoms with E-state index in [0.717, 1.165) is 0 Å². The number of ether oxygens (including phenoxy) is 4. The van der Waals surface area contributed by atoms with Gasteiger partial charge in [0, 0.05) is 89.8 Å². The molecule has 0 radical (unpaired) electrons. The van der Waals surface area contributed by atoms with Crippen molar-refractivity contribution in [3.05, 3.63) is 0 Å². The lowest BCUT2D eigenvalue weighted by atomic mass is 9.80. The minimum Gasteiger partial charge on any atom is -0.463 e. The van der Waals surface area contributed by atoms with Crippen LogP contribution in [-0.4, -0.2) is 93.1 Å². The van der Waals surface area contributed by atoms with Gasteiger partial charge < -0.3 is 40.2 Å². The van der Waals surface area contributed by atoms with Crippen molar-refractivity contribution in [3.8, 4) is 0 Å². The summed E-state index contributed by atoms with van der Waals surface area (Å²) in [5.74, 6) is -5.41. The molecule has 3 aliphatic heterocycles. The minimum absolute atomic E-state index is 0.224. The van der Waals surface area contributed by atoms with E-state index >= 15 is 0 Å². The highest BCUT2D eigenvalue weighted by molar-refractivity contribution is 5.88. The molecule has 0 aromatic rings. The van der Waals surface area contributed by atoms with Crippen molar-refractivity contribution in [2.45, 2.75) is 245 Å². The zero-order valence-corrected chi connectivity index (χ0v) is 38.2. The molecule has 3 unspecified atom stereocenters. The molecule has 0 spiro atoms. The fraction of sp³-hybridized carbons (Fsp3) is 0.909. The SMILES string of the molecule is CC(C)NC(C)(C)CC(C)OC(=O)CC(C(=O)OC1CC(C)(C)NC(C)(C)C1)C(CC(=O)OC1CC(C)(C)NC(C)(C)C1)C(=O)OC1CC(C)(C)NC(C)(C)C1. The first-order valence-corrected chi connectivity index (χ1v) is 21.1. The van der Waals surface area contributed by atoms with Gasteiger partial charge in [-0.2, -0.15) is 0 Å². The van der Waals surface area contributed by atoms with Crippen LogP contribution in [0.1, 0.15) is 175 Å². The highest BCUT2D eigenvalue weighted by Crippen LogP contribution is 2.36. The van der Waals surface area contributed by atoms with Crippen molar-refractivity contribution < 1.29 is 38.1 Å². The number of piperidine rings is 3. The van der Waals surface area contributed by atoms with Crippen molar-refractivity contribution in [1.29, 1.82) is 0 Å². The maximum atomic E-state index is 14.6. The van der Waals surface area contributed by atoms with Crippen LogP contribution < -0.4 is 21.3 Å². The first-order valence-electron chi connectivity index (χ1n) is 21.1. The van der Waals surface area contributed by atoms with Gasteiger partial charge in [-0.1, -0.05) is 13.8 Å². The molecule has 0 aliphatic carbocycles. The van der Waals surface area contributed by atoms with Gasteiger partial charge in [-0.15, -0.1) is 0 Å². The quantitative estimate of drug-likeness (QED) is 0.104. The van der Waals surface area contributed by atoms with Crippen LogP contribution in [0.5, 0.6) is 0 Å². The lowest BCUT2D eigenvalue weighted by Gasteiger charge is -2.46. The molecule has 0 aromatic carbocycles. The van der Waals surface area contributed by atoms with E-state index < -0.39 is 73.0 Å². The van der Waals surface area contributed by atoms with Crippen LogP contribution in [0.4, 0.5) is 0 Å². The van der Waals surface area contributed by atoms with Crippen LogP contribution in [0.25, 0.3) is 0 Å². The fourth-order valence-electron chi connectivity index (χ4n) is 10.7. The summed E-state index contributed by atoms with van der Waals surface area (Å²) in [4.78, 5) is 57.0. The Kier molecular flexibility index (Phi) is 15.0. The number of hydrogen-bond acceptors (Lipinski definition) is 12. The summed E-state index contributed by atoms with van der Waals surface area (Å²) in [6.07, 6.45) is 1.05. The average molecular weight is 793 g/mol. The first kappa shape index (κ1) is 48.1. The largest absolute Gasteiger partial charge is 0.463 e. The molecule has 3 heterocycles. The minimum atomic E-state index is -1.35. The Labute approximate surface area is 339 Å². The number of rotatable bonds is 15. The lowest BCUT2D eigenvalue weighted by Crippen LogP contribution is -2.60. The Morgan fingerprint density at radius 3 is 1.18 bits per heavy atom. The molecule has 12 heteroatoms. The smallest absolute Gasteiger partial charge is 0.310 e. The third kappa shape index (κ3) is 15.8. The summed E-state index contributed by atoms with van der Waals surface area (Å²) < 4.78 is 24.6. The van der Waals surface area contributed by atoms with Gasteiger partial charge >= 0.3 is 23.9 Å². The summed E-state index contributed by atoms with van der Waals surface area (Å²) in [5.41, 5.74) is -2.24. The van der Waals surface area contributed by atoms with Crippen molar-refractivity contribution in [2.24, 2.45) is 11.8 Å². The van der Waals surface area contributed by atoms with Crippen LogP contribution in [0.3, 0.4) is 0 Å². The maximum absolute atomic E-state index is 14.6. The summed E-state index contributed by atoms with van der Waals surface area (Å²) in [5, 5.41) is 14.3. The maximum Gasteiger partial charge on any atom is 0.310 e. The lowest BCUT2D eigenvalue weighted by molar-refractivity contribution is -0.177. The molecule has 3 rings (SSSR count). The van der Waals surface area contributed by atoms with Crippen LogP contribution in [0.15, 0.2) is 0 Å². The second-order valence-electron chi connectivity index (χ2n) is 22.4. The van der Waals surface area contributed by atoms with Crippen LogP contribution in [0, 0.1) is 11.8 Å². The van der Waals surface area contributed by atoms with E-state index in [0.29, 0.717) is 44.9 Å². The second kappa shape index (κ2) is 17.5. The van der Waals surface area contributed by atoms with Crippen LogP contribution in [0.2, 0.25) is 0 Å². The predicted molar refractivity (Wildman–Crippen MR) is 220 cm³/mol. The molecular formula is C44H80N4O8. The molecule has 3 aliphatic rings. The summed E-state index contributed by atoms with van der Waals surface area (Å²) in [6, 6.07) is 0.224. The van der Waals surface area contributed by atoms with Crippen molar-refractivity contribution >= 4 is 23.9 Å². The van der Waals surface area contributed by atoms with Crippen LogP contribution in [-0.2, 0) is 38.1 Å². The van der Waals surface area contributed by atoms with Crippen molar-refractivity contribution in [1.82, 2.24) is 21.3 Å². The summed E-state index contributed by atoms with van der Waals surface area (Å²) >= 11 is 0. The molecule has 0 aromatic heterocycles. The topological polar surface area (TPSA) is 153 Å². The highest BCUT2D eigenvalue weighted by atomic mass is 16.6. The molecule has 0 amide bonds.